The van der Waals surface area contributed by atoms with Crippen molar-refractivity contribution in [2.75, 3.05) is 18.9 Å². The summed E-state index contributed by atoms with van der Waals surface area (Å²) in [5.41, 5.74) is 2.66. The minimum absolute atomic E-state index is 0.0426. The Labute approximate surface area is 159 Å². The van der Waals surface area contributed by atoms with Crippen LogP contribution in [0.15, 0.2) is 67.1 Å². The van der Waals surface area contributed by atoms with Gasteiger partial charge in [0.15, 0.2) is 0 Å². The molecule has 0 aliphatic carbocycles. The number of carbonyl (C=O) groups is 1. The monoisotopic (exact) mass is 361 g/mol. The van der Waals surface area contributed by atoms with Crippen LogP contribution in [0.3, 0.4) is 0 Å². The molecule has 6 heteroatoms. The van der Waals surface area contributed by atoms with Crippen LogP contribution in [0.1, 0.15) is 34.6 Å². The molecule has 1 atom stereocenters. The molecule has 1 aromatic carbocycles. The van der Waals surface area contributed by atoms with Crippen molar-refractivity contribution in [3.63, 3.8) is 0 Å². The number of benzene rings is 1. The maximum absolute atomic E-state index is 12.7. The smallest absolute Gasteiger partial charge is 0.272 e. The highest BCUT2D eigenvalue weighted by molar-refractivity contribution is 5.92. The molecule has 0 saturated carbocycles. The fourth-order valence-electron chi connectivity index (χ4n) is 2.71. The van der Waals surface area contributed by atoms with Gasteiger partial charge in [-0.15, -0.1) is 0 Å². The number of rotatable bonds is 7. The highest BCUT2D eigenvalue weighted by Crippen LogP contribution is 2.16. The maximum Gasteiger partial charge on any atom is 0.272 e. The molecule has 0 aliphatic heterocycles. The average molecular weight is 361 g/mol. The van der Waals surface area contributed by atoms with E-state index in [4.69, 9.17) is 0 Å². The topological polar surface area (TPSA) is 71.0 Å². The Bertz CT molecular complexity index is 870. The van der Waals surface area contributed by atoms with Gasteiger partial charge in [0.1, 0.15) is 5.69 Å². The summed E-state index contributed by atoms with van der Waals surface area (Å²) in [7, 11) is 1.78. The van der Waals surface area contributed by atoms with Gasteiger partial charge in [-0.2, -0.15) is 0 Å². The van der Waals surface area contributed by atoms with Crippen LogP contribution in [0, 0.1) is 0 Å². The summed E-state index contributed by atoms with van der Waals surface area (Å²) in [5, 5.41) is 3.25. The van der Waals surface area contributed by atoms with Crippen molar-refractivity contribution in [3.8, 4) is 0 Å². The number of likely N-dealkylation sites (N-methyl/N-ethyl adjacent to an activating group) is 1. The number of aromatic nitrogens is 3. The highest BCUT2D eigenvalue weighted by atomic mass is 16.2. The Morgan fingerprint density at radius 1 is 1.07 bits per heavy atom. The van der Waals surface area contributed by atoms with E-state index in [9.17, 15) is 4.79 Å². The minimum atomic E-state index is -0.123. The molecule has 0 fully saturated rings. The summed E-state index contributed by atoms with van der Waals surface area (Å²) in [5.74, 6) is 0.321. The van der Waals surface area contributed by atoms with Gasteiger partial charge in [-0.25, -0.2) is 9.97 Å². The second kappa shape index (κ2) is 8.89. The van der Waals surface area contributed by atoms with Gasteiger partial charge in [-0.05, 0) is 42.7 Å². The molecule has 0 radical (unpaired) electrons. The number of hydrogen-bond acceptors (Lipinski definition) is 5. The third kappa shape index (κ3) is 5.10. The summed E-state index contributed by atoms with van der Waals surface area (Å²) in [6, 6.07) is 15.6. The molecule has 2 aromatic heterocycles. The van der Waals surface area contributed by atoms with Gasteiger partial charge in [-0.1, -0.05) is 30.3 Å². The summed E-state index contributed by atoms with van der Waals surface area (Å²) in [6.45, 7) is 2.64. The maximum atomic E-state index is 12.7. The predicted molar refractivity (Wildman–Crippen MR) is 105 cm³/mol. The third-order valence-electron chi connectivity index (χ3n) is 4.35. The molecule has 1 unspecified atom stereocenters. The third-order valence-corrected chi connectivity index (χ3v) is 4.35. The van der Waals surface area contributed by atoms with E-state index < -0.39 is 0 Å². The van der Waals surface area contributed by atoms with Gasteiger partial charge in [-0.3, -0.25) is 9.78 Å². The van der Waals surface area contributed by atoms with Crippen molar-refractivity contribution >= 4 is 11.9 Å². The number of carbonyl (C=O) groups excluding carboxylic acids is 1. The van der Waals surface area contributed by atoms with Crippen LogP contribution in [0.25, 0.3) is 0 Å². The Morgan fingerprint density at radius 3 is 2.56 bits per heavy atom. The largest absolute Gasteiger partial charge is 0.348 e. The number of nitrogens with zero attached hydrogens (tertiary/aromatic N) is 4. The van der Waals surface area contributed by atoms with Gasteiger partial charge >= 0.3 is 0 Å². The molecule has 1 amide bonds. The van der Waals surface area contributed by atoms with Crippen molar-refractivity contribution in [2.45, 2.75) is 19.4 Å². The second-order valence-corrected chi connectivity index (χ2v) is 6.37. The number of anilines is 1. The molecule has 0 spiro atoms. The van der Waals surface area contributed by atoms with Gasteiger partial charge in [0, 0.05) is 32.2 Å². The van der Waals surface area contributed by atoms with Gasteiger partial charge < -0.3 is 10.2 Å². The van der Waals surface area contributed by atoms with Gasteiger partial charge in [0.25, 0.3) is 5.91 Å². The first-order valence-corrected chi connectivity index (χ1v) is 8.92. The molecule has 138 valence electrons. The summed E-state index contributed by atoms with van der Waals surface area (Å²) < 4.78 is 0. The molecule has 0 saturated heterocycles. The van der Waals surface area contributed by atoms with E-state index in [2.05, 4.69) is 20.3 Å². The lowest BCUT2D eigenvalue weighted by Crippen LogP contribution is -2.29. The van der Waals surface area contributed by atoms with Crippen molar-refractivity contribution in [3.05, 3.63) is 83.9 Å². The van der Waals surface area contributed by atoms with E-state index in [1.165, 1.54) is 0 Å². The van der Waals surface area contributed by atoms with E-state index in [0.29, 0.717) is 18.2 Å². The lowest BCUT2D eigenvalue weighted by molar-refractivity contribution is 0.0791. The van der Waals surface area contributed by atoms with E-state index >= 15 is 0 Å². The molecule has 27 heavy (non-hydrogen) atoms. The summed E-state index contributed by atoms with van der Waals surface area (Å²) >= 11 is 0. The lowest BCUT2D eigenvalue weighted by Gasteiger charge is -2.18. The van der Waals surface area contributed by atoms with Crippen molar-refractivity contribution in [1.29, 1.82) is 0 Å². The number of amides is 1. The van der Waals surface area contributed by atoms with Crippen LogP contribution in [0.2, 0.25) is 0 Å². The van der Waals surface area contributed by atoms with Crippen LogP contribution < -0.4 is 5.32 Å². The number of hydrogen-bond donors (Lipinski definition) is 1. The summed E-state index contributed by atoms with van der Waals surface area (Å²) in [6.07, 6.45) is 5.89. The van der Waals surface area contributed by atoms with Crippen molar-refractivity contribution in [2.24, 2.45) is 0 Å². The normalized spacial score (nSPS) is 11.6. The molecule has 1 N–H and O–H groups in total. The van der Waals surface area contributed by atoms with E-state index in [1.807, 2.05) is 49.4 Å². The highest BCUT2D eigenvalue weighted by Gasteiger charge is 2.15. The van der Waals surface area contributed by atoms with Gasteiger partial charge in [0.05, 0.1) is 6.04 Å². The molecule has 0 bridgehead atoms. The van der Waals surface area contributed by atoms with Crippen LogP contribution in [-0.4, -0.2) is 39.4 Å². The lowest BCUT2D eigenvalue weighted by atomic mass is 10.1. The quantitative estimate of drug-likeness (QED) is 0.699. The zero-order chi connectivity index (χ0) is 19.1. The zero-order valence-electron chi connectivity index (χ0n) is 15.5. The molecular weight excluding hydrogens is 338 g/mol. The number of nitrogens with one attached hydrogen (secondary N) is 1. The Hall–Kier alpha value is -3.28. The minimum Gasteiger partial charge on any atom is -0.348 e. The molecule has 2 heterocycles. The Balaban J connectivity index is 1.62. The molecule has 3 aromatic rings. The fraction of sp³-hybridized carbons (Fsp3) is 0.238. The molecular formula is C21H23N5O. The number of pyridine rings is 1. The molecule has 3 rings (SSSR count). The first-order valence-electron chi connectivity index (χ1n) is 8.92. The average Bonchev–Trinajstić information content (AvgIpc) is 2.73. The molecule has 6 nitrogen and oxygen atoms in total. The van der Waals surface area contributed by atoms with Crippen LogP contribution in [0.5, 0.6) is 0 Å². The Morgan fingerprint density at radius 2 is 1.81 bits per heavy atom. The predicted octanol–water partition coefficient (Wildman–Crippen LogP) is 3.36. The van der Waals surface area contributed by atoms with E-state index in [-0.39, 0.29) is 11.9 Å². The van der Waals surface area contributed by atoms with Crippen LogP contribution in [0.4, 0.5) is 5.95 Å². The zero-order valence-corrected chi connectivity index (χ0v) is 15.5. The van der Waals surface area contributed by atoms with Crippen molar-refractivity contribution < 1.29 is 4.79 Å². The Kier molecular flexibility index (Phi) is 6.10. The van der Waals surface area contributed by atoms with E-state index in [1.54, 1.807) is 36.6 Å². The van der Waals surface area contributed by atoms with Crippen LogP contribution >= 0.6 is 0 Å². The van der Waals surface area contributed by atoms with Gasteiger partial charge in [0.2, 0.25) is 5.95 Å². The SMILES string of the molecule is CC(Nc1nccc(C(=O)N(C)CCc2ccncc2)n1)c1ccccc1. The first kappa shape index (κ1) is 18.5. The first-order chi connectivity index (χ1) is 13.1. The second-order valence-electron chi connectivity index (χ2n) is 6.37. The van der Waals surface area contributed by atoms with Crippen LogP contribution in [-0.2, 0) is 6.42 Å². The summed E-state index contributed by atoms with van der Waals surface area (Å²) in [4.78, 5) is 27.0. The van der Waals surface area contributed by atoms with Crippen molar-refractivity contribution in [1.82, 2.24) is 19.9 Å². The fourth-order valence-corrected chi connectivity index (χ4v) is 2.71. The van der Waals surface area contributed by atoms with E-state index in [0.717, 1.165) is 17.5 Å². The molecule has 0 aliphatic rings. The standard InChI is InChI=1S/C21H23N5O/c1-16(18-6-4-3-5-7-18)24-21-23-14-10-19(25-21)20(27)26(2)15-11-17-8-12-22-13-9-17/h3-10,12-14,16H,11,15H2,1-2H3,(H,23,24,25).